The van der Waals surface area contributed by atoms with Gasteiger partial charge in [-0.05, 0) is 79.1 Å². The molecule has 0 aromatic heterocycles. The quantitative estimate of drug-likeness (QED) is 0.114. The zero-order valence-corrected chi connectivity index (χ0v) is 26.1. The molecule has 0 aliphatic heterocycles. The number of amides is 2. The van der Waals surface area contributed by atoms with Crippen molar-refractivity contribution in [1.82, 2.24) is 10.7 Å². The molecule has 9 nitrogen and oxygen atoms in total. The Labute approximate surface area is 259 Å². The van der Waals surface area contributed by atoms with Gasteiger partial charge in [0, 0.05) is 17.8 Å². The summed E-state index contributed by atoms with van der Waals surface area (Å²) in [5, 5.41) is 6.99. The fraction of sp³-hybridized carbons (Fsp3) is 0.206. The molecule has 0 saturated heterocycles. The van der Waals surface area contributed by atoms with Crippen molar-refractivity contribution in [2.45, 2.75) is 51.1 Å². The number of sulfonamides is 1. The van der Waals surface area contributed by atoms with Crippen molar-refractivity contribution < 1.29 is 13.2 Å². The largest absolute Gasteiger partial charge is 0.383 e. The Hall–Kier alpha value is -4.80. The van der Waals surface area contributed by atoms with Crippen molar-refractivity contribution in [2.75, 3.05) is 0 Å². The minimum absolute atomic E-state index is 0.115. The molecule has 0 fully saturated rings. The predicted molar refractivity (Wildman–Crippen MR) is 176 cm³/mol. The van der Waals surface area contributed by atoms with Crippen LogP contribution in [0.25, 0.3) is 0 Å². The summed E-state index contributed by atoms with van der Waals surface area (Å²) >= 11 is 0. The highest BCUT2D eigenvalue weighted by Crippen LogP contribution is 2.27. The van der Waals surface area contributed by atoms with E-state index < -0.39 is 22.1 Å². The fourth-order valence-corrected chi connectivity index (χ4v) is 6.53. The van der Waals surface area contributed by atoms with Gasteiger partial charge in [0.05, 0.1) is 10.9 Å². The number of hydrazone groups is 1. The highest BCUT2D eigenvalue weighted by atomic mass is 32.2. The molecule has 1 unspecified atom stereocenters. The second kappa shape index (κ2) is 14.1. The molecule has 4 rings (SSSR count). The Morgan fingerprint density at radius 1 is 0.841 bits per heavy atom. The van der Waals surface area contributed by atoms with Gasteiger partial charge in [-0.15, -0.1) is 4.40 Å². The van der Waals surface area contributed by atoms with Gasteiger partial charge in [0.15, 0.2) is 0 Å². The molecular formula is C34H38N6O3S. The molecule has 0 aliphatic rings. The average Bonchev–Trinajstić information content (AvgIpc) is 2.99. The number of hydrogen-bond donors (Lipinski definition) is 4. The van der Waals surface area contributed by atoms with Gasteiger partial charge < -0.3 is 16.8 Å². The Balaban J connectivity index is 1.41. The lowest BCUT2D eigenvalue weighted by atomic mass is 9.99. The second-order valence-corrected chi connectivity index (χ2v) is 12.3. The molecule has 0 radical (unpaired) electrons. The molecule has 10 heteroatoms. The van der Waals surface area contributed by atoms with Gasteiger partial charge >= 0.3 is 6.03 Å². The van der Waals surface area contributed by atoms with Crippen molar-refractivity contribution in [3.63, 3.8) is 0 Å². The van der Waals surface area contributed by atoms with Crippen LogP contribution in [-0.2, 0) is 16.4 Å². The predicted octanol–water partition coefficient (Wildman–Crippen LogP) is 4.96. The lowest BCUT2D eigenvalue weighted by Crippen LogP contribution is -2.36. The van der Waals surface area contributed by atoms with Gasteiger partial charge in [0.1, 0.15) is 5.84 Å². The Kier molecular flexibility index (Phi) is 10.3. The van der Waals surface area contributed by atoms with E-state index in [1.807, 2.05) is 86.6 Å². The highest BCUT2D eigenvalue weighted by molar-refractivity contribution is 7.90. The first-order chi connectivity index (χ1) is 21.0. The maximum Gasteiger partial charge on any atom is 0.335 e. The lowest BCUT2D eigenvalue weighted by molar-refractivity contribution is 0.239. The molecule has 0 saturated carbocycles. The topological polar surface area (TPSA) is 152 Å². The fourth-order valence-electron chi connectivity index (χ4n) is 5.07. The Bertz CT molecular complexity index is 1750. The van der Waals surface area contributed by atoms with E-state index in [-0.39, 0.29) is 16.8 Å². The molecule has 4 aromatic carbocycles. The van der Waals surface area contributed by atoms with E-state index in [1.165, 1.54) is 6.21 Å². The van der Waals surface area contributed by atoms with Gasteiger partial charge in [-0.3, -0.25) is 0 Å². The van der Waals surface area contributed by atoms with Gasteiger partial charge in [0.2, 0.25) is 0 Å². The summed E-state index contributed by atoms with van der Waals surface area (Å²) in [6.45, 7) is 7.37. The van der Waals surface area contributed by atoms with Crippen LogP contribution in [0.3, 0.4) is 0 Å². The summed E-state index contributed by atoms with van der Waals surface area (Å²) in [7, 11) is -4.04. The van der Waals surface area contributed by atoms with Gasteiger partial charge in [-0.25, -0.2) is 10.2 Å². The van der Waals surface area contributed by atoms with E-state index in [1.54, 1.807) is 32.0 Å². The number of benzene rings is 4. The third-order valence-electron chi connectivity index (χ3n) is 7.43. The molecule has 0 spiro atoms. The first kappa shape index (κ1) is 32.1. The van der Waals surface area contributed by atoms with Crippen molar-refractivity contribution in [1.29, 1.82) is 0 Å². The van der Waals surface area contributed by atoms with Crippen molar-refractivity contribution >= 4 is 28.1 Å². The van der Waals surface area contributed by atoms with Crippen molar-refractivity contribution in [3.05, 3.63) is 136 Å². The maximum atomic E-state index is 13.2. The van der Waals surface area contributed by atoms with Crippen LogP contribution in [0.15, 0.2) is 105 Å². The highest BCUT2D eigenvalue weighted by Gasteiger charge is 2.22. The van der Waals surface area contributed by atoms with Crippen molar-refractivity contribution in [3.8, 4) is 0 Å². The van der Waals surface area contributed by atoms with E-state index in [0.717, 1.165) is 27.8 Å². The summed E-state index contributed by atoms with van der Waals surface area (Å²) in [6, 6.07) is 26.8. The maximum absolute atomic E-state index is 13.2. The van der Waals surface area contributed by atoms with E-state index in [2.05, 4.69) is 20.2 Å². The van der Waals surface area contributed by atoms with Crippen LogP contribution in [0.1, 0.15) is 50.5 Å². The third kappa shape index (κ3) is 7.97. The van der Waals surface area contributed by atoms with Crippen LogP contribution in [0.2, 0.25) is 0 Å². The third-order valence-corrected chi connectivity index (χ3v) is 9.01. The Morgan fingerprint density at radius 3 is 2.07 bits per heavy atom. The minimum Gasteiger partial charge on any atom is -0.383 e. The van der Waals surface area contributed by atoms with Crippen LogP contribution < -0.4 is 22.2 Å². The van der Waals surface area contributed by atoms with Crippen LogP contribution in [0.5, 0.6) is 0 Å². The minimum atomic E-state index is -4.04. The van der Waals surface area contributed by atoms with Gasteiger partial charge in [-0.2, -0.15) is 13.5 Å². The number of aryl methyl sites for hydroxylation is 2. The zero-order chi connectivity index (χ0) is 31.9. The molecule has 0 bridgehead atoms. The van der Waals surface area contributed by atoms with Crippen LogP contribution in [0.4, 0.5) is 4.79 Å². The van der Waals surface area contributed by atoms with E-state index in [0.29, 0.717) is 23.1 Å². The Morgan fingerprint density at radius 2 is 1.45 bits per heavy atom. The number of nitrogens with zero attached hydrogens (tertiary/aromatic N) is 2. The summed E-state index contributed by atoms with van der Waals surface area (Å²) in [5.41, 5.74) is 21.3. The number of carbonyl (C=O) groups is 1. The van der Waals surface area contributed by atoms with Crippen molar-refractivity contribution in [2.24, 2.45) is 21.0 Å². The summed E-state index contributed by atoms with van der Waals surface area (Å²) in [6.07, 6.45) is 1.81. The van der Waals surface area contributed by atoms with E-state index in [4.69, 9.17) is 11.5 Å². The first-order valence-electron chi connectivity index (χ1n) is 14.2. The molecule has 1 atom stereocenters. The molecule has 4 aromatic rings. The van der Waals surface area contributed by atoms with E-state index in [9.17, 15) is 13.2 Å². The molecular weight excluding hydrogens is 572 g/mol. The summed E-state index contributed by atoms with van der Waals surface area (Å²) < 4.78 is 30.4. The van der Waals surface area contributed by atoms with Crippen LogP contribution in [-0.4, -0.2) is 32.5 Å². The number of hydrogen-bond acceptors (Lipinski definition) is 5. The molecule has 6 N–H and O–H groups in total. The number of urea groups is 1. The number of nitrogens with one attached hydrogen (secondary N) is 2. The molecule has 2 amide bonds. The standard InChI is InChI=1S/C34H38N6O3S/c1-22-18-23(2)32(25(4)24(22)3)44(42,43)40-33(36)29-17-11-12-26(19-29)20-30(35)21-37-39-34(41)38-31(27-13-7-5-8-14-27)28-15-9-6-10-16-28/h5-19,21,30-31H,20,35H2,1-4H3,(H2,36,40)(H2,38,39,41). The molecule has 228 valence electrons. The molecule has 0 aliphatic carbocycles. The monoisotopic (exact) mass is 610 g/mol. The number of amidine groups is 1. The first-order valence-corrected chi connectivity index (χ1v) is 15.6. The zero-order valence-electron chi connectivity index (χ0n) is 25.3. The normalized spacial score (nSPS) is 12.8. The summed E-state index contributed by atoms with van der Waals surface area (Å²) in [4.78, 5) is 12.9. The van der Waals surface area contributed by atoms with Gasteiger partial charge in [0.25, 0.3) is 10.0 Å². The smallest absolute Gasteiger partial charge is 0.335 e. The molecule has 44 heavy (non-hydrogen) atoms. The van der Waals surface area contributed by atoms with Gasteiger partial charge in [-0.1, -0.05) is 84.9 Å². The summed E-state index contributed by atoms with van der Waals surface area (Å²) in [5.74, 6) is -0.115. The lowest BCUT2D eigenvalue weighted by Gasteiger charge is -2.19. The number of nitrogens with two attached hydrogens (primary N) is 2. The average molecular weight is 611 g/mol. The SMILES string of the molecule is Cc1cc(C)c(S(=O)(=O)/N=C(\N)c2cccc(CC(N)C=NNC(=O)NC(c3ccccc3)c3ccccc3)c2)c(C)c1C. The van der Waals surface area contributed by atoms with Crippen LogP contribution in [0, 0.1) is 27.7 Å². The van der Waals surface area contributed by atoms with E-state index >= 15 is 0 Å². The second-order valence-electron chi connectivity index (χ2n) is 10.7. The number of carbonyl (C=O) groups excluding carboxylic acids is 1. The molecule has 0 heterocycles. The van der Waals surface area contributed by atoms with Crippen LogP contribution >= 0.6 is 0 Å². The number of rotatable bonds is 10.